The molecular formula is C14H21F3N2OS. The van der Waals surface area contributed by atoms with Crippen LogP contribution in [0.25, 0.3) is 0 Å². The van der Waals surface area contributed by atoms with Crippen molar-refractivity contribution < 1.29 is 17.9 Å². The van der Waals surface area contributed by atoms with E-state index < -0.39 is 16.8 Å². The summed E-state index contributed by atoms with van der Waals surface area (Å²) in [4.78, 5) is 4.16. The molecule has 1 N–H and O–H groups in total. The van der Waals surface area contributed by atoms with E-state index in [1.807, 2.05) is 13.8 Å². The first kappa shape index (κ1) is 16.7. The molecule has 1 aliphatic carbocycles. The van der Waals surface area contributed by atoms with E-state index >= 15 is 0 Å². The summed E-state index contributed by atoms with van der Waals surface area (Å²) in [6, 6.07) is -0.224. The Hall–Kier alpha value is -0.660. The SMILES string of the molecule is CCNC(c1cnc(C(F)(F)F)s1)C1(OCC)CCCC1. The number of nitrogens with one attached hydrogen (secondary N) is 1. The Morgan fingerprint density at radius 3 is 2.52 bits per heavy atom. The minimum atomic E-state index is -4.38. The maximum Gasteiger partial charge on any atom is 0.443 e. The van der Waals surface area contributed by atoms with Gasteiger partial charge in [0.15, 0.2) is 5.01 Å². The van der Waals surface area contributed by atoms with Crippen LogP contribution in [0.1, 0.15) is 55.5 Å². The second-order valence-corrected chi connectivity index (χ2v) is 6.32. The maximum absolute atomic E-state index is 12.8. The van der Waals surface area contributed by atoms with Crippen molar-refractivity contribution >= 4 is 11.3 Å². The summed E-state index contributed by atoms with van der Waals surface area (Å²) in [5.41, 5.74) is -0.403. The predicted molar refractivity (Wildman–Crippen MR) is 76.4 cm³/mol. The summed E-state index contributed by atoms with van der Waals surface area (Å²) in [7, 11) is 0. The van der Waals surface area contributed by atoms with Gasteiger partial charge in [0.05, 0.1) is 11.6 Å². The molecule has 0 amide bonds. The minimum Gasteiger partial charge on any atom is -0.373 e. The van der Waals surface area contributed by atoms with Gasteiger partial charge in [0.1, 0.15) is 0 Å². The molecule has 0 radical (unpaired) electrons. The quantitative estimate of drug-likeness (QED) is 0.854. The molecule has 1 aromatic heterocycles. The molecule has 120 valence electrons. The van der Waals surface area contributed by atoms with E-state index in [4.69, 9.17) is 4.74 Å². The Balaban J connectivity index is 2.31. The van der Waals surface area contributed by atoms with Crippen molar-refractivity contribution in [1.82, 2.24) is 10.3 Å². The number of hydrogen-bond donors (Lipinski definition) is 1. The van der Waals surface area contributed by atoms with Crippen molar-refractivity contribution in [2.75, 3.05) is 13.2 Å². The van der Waals surface area contributed by atoms with Crippen LogP contribution >= 0.6 is 11.3 Å². The summed E-state index contributed by atoms with van der Waals surface area (Å²) in [5.74, 6) is 0. The Kier molecular flexibility index (Phi) is 5.27. The van der Waals surface area contributed by atoms with E-state index in [-0.39, 0.29) is 6.04 Å². The van der Waals surface area contributed by atoms with Gasteiger partial charge in [0.25, 0.3) is 0 Å². The number of alkyl halides is 3. The topological polar surface area (TPSA) is 34.2 Å². The predicted octanol–water partition coefficient (Wildman–Crippen LogP) is 4.16. The van der Waals surface area contributed by atoms with Gasteiger partial charge in [-0.3, -0.25) is 0 Å². The zero-order valence-electron chi connectivity index (χ0n) is 12.3. The fraction of sp³-hybridized carbons (Fsp3) is 0.786. The highest BCUT2D eigenvalue weighted by atomic mass is 32.1. The van der Waals surface area contributed by atoms with Gasteiger partial charge >= 0.3 is 6.18 Å². The number of nitrogens with zero attached hydrogens (tertiary/aromatic N) is 1. The molecule has 0 aliphatic heterocycles. The molecule has 0 spiro atoms. The van der Waals surface area contributed by atoms with E-state index in [9.17, 15) is 13.2 Å². The molecule has 0 bridgehead atoms. The summed E-state index contributed by atoms with van der Waals surface area (Å²) < 4.78 is 44.3. The van der Waals surface area contributed by atoms with Crippen LogP contribution in [-0.4, -0.2) is 23.7 Å². The lowest BCUT2D eigenvalue weighted by Gasteiger charge is -2.37. The molecule has 1 fully saturated rings. The molecule has 1 atom stereocenters. The van der Waals surface area contributed by atoms with Crippen LogP contribution in [0.2, 0.25) is 0 Å². The lowest BCUT2D eigenvalue weighted by molar-refractivity contribution is -0.137. The zero-order valence-corrected chi connectivity index (χ0v) is 13.1. The fourth-order valence-corrected chi connectivity index (χ4v) is 4.04. The number of rotatable bonds is 6. The maximum atomic E-state index is 12.8. The van der Waals surface area contributed by atoms with Crippen molar-refractivity contribution in [1.29, 1.82) is 0 Å². The lowest BCUT2D eigenvalue weighted by atomic mass is 9.91. The van der Waals surface area contributed by atoms with E-state index in [0.29, 0.717) is 18.0 Å². The average Bonchev–Trinajstić information content (AvgIpc) is 3.05. The van der Waals surface area contributed by atoms with E-state index in [1.165, 1.54) is 6.20 Å². The van der Waals surface area contributed by atoms with Crippen LogP contribution in [0.4, 0.5) is 13.2 Å². The number of halogens is 3. The molecule has 0 saturated heterocycles. The smallest absolute Gasteiger partial charge is 0.373 e. The van der Waals surface area contributed by atoms with Crippen LogP contribution < -0.4 is 5.32 Å². The summed E-state index contributed by atoms with van der Waals surface area (Å²) in [6.45, 7) is 5.12. The molecule has 7 heteroatoms. The van der Waals surface area contributed by atoms with Gasteiger partial charge in [-0.15, -0.1) is 11.3 Å². The number of likely N-dealkylation sites (N-methyl/N-ethyl adjacent to an activating group) is 1. The Morgan fingerprint density at radius 2 is 2.05 bits per heavy atom. The van der Waals surface area contributed by atoms with E-state index in [0.717, 1.165) is 37.0 Å². The molecule has 1 saturated carbocycles. The van der Waals surface area contributed by atoms with Gasteiger partial charge in [0.2, 0.25) is 0 Å². The first-order valence-corrected chi connectivity index (χ1v) is 8.15. The molecule has 2 rings (SSSR count). The normalized spacial score (nSPS) is 19.9. The van der Waals surface area contributed by atoms with E-state index in [2.05, 4.69) is 10.3 Å². The molecule has 1 aliphatic rings. The van der Waals surface area contributed by atoms with Gasteiger partial charge in [-0.2, -0.15) is 13.2 Å². The standard InChI is InChI=1S/C14H21F3N2OS/c1-3-18-11(13(20-4-2)7-5-6-8-13)10-9-19-12(21-10)14(15,16)17/h9,11,18H,3-8H2,1-2H3. The van der Waals surface area contributed by atoms with Crippen LogP contribution in [0.3, 0.4) is 0 Å². The molecule has 1 aromatic rings. The number of thiazole rings is 1. The molecule has 3 nitrogen and oxygen atoms in total. The Labute approximate surface area is 126 Å². The van der Waals surface area contributed by atoms with Gasteiger partial charge in [0, 0.05) is 17.7 Å². The molecule has 0 aromatic carbocycles. The Morgan fingerprint density at radius 1 is 1.38 bits per heavy atom. The van der Waals surface area contributed by atoms with Crippen molar-refractivity contribution in [3.63, 3.8) is 0 Å². The highest BCUT2D eigenvalue weighted by Crippen LogP contribution is 2.45. The van der Waals surface area contributed by atoms with Gasteiger partial charge < -0.3 is 10.1 Å². The van der Waals surface area contributed by atoms with Crippen molar-refractivity contribution in [2.45, 2.75) is 57.3 Å². The second-order valence-electron chi connectivity index (χ2n) is 5.26. The third-order valence-electron chi connectivity index (χ3n) is 3.87. The second kappa shape index (κ2) is 6.62. The average molecular weight is 322 g/mol. The highest BCUT2D eigenvalue weighted by molar-refractivity contribution is 7.11. The zero-order chi connectivity index (χ0) is 15.5. The van der Waals surface area contributed by atoms with Crippen LogP contribution in [0.15, 0.2) is 6.20 Å². The molecular weight excluding hydrogens is 301 g/mol. The van der Waals surface area contributed by atoms with Crippen molar-refractivity contribution in [3.8, 4) is 0 Å². The third kappa shape index (κ3) is 3.57. The number of aromatic nitrogens is 1. The third-order valence-corrected chi connectivity index (χ3v) is 4.97. The number of hydrogen-bond acceptors (Lipinski definition) is 4. The number of ether oxygens (including phenoxy) is 1. The van der Waals surface area contributed by atoms with Crippen LogP contribution in [-0.2, 0) is 10.9 Å². The van der Waals surface area contributed by atoms with Crippen molar-refractivity contribution in [3.05, 3.63) is 16.1 Å². The molecule has 1 heterocycles. The minimum absolute atomic E-state index is 0.224. The monoisotopic (exact) mass is 322 g/mol. The van der Waals surface area contributed by atoms with Gasteiger partial charge in [-0.25, -0.2) is 4.98 Å². The van der Waals surface area contributed by atoms with Crippen molar-refractivity contribution in [2.24, 2.45) is 0 Å². The summed E-state index contributed by atoms with van der Waals surface area (Å²) >= 11 is 0.721. The molecule has 21 heavy (non-hydrogen) atoms. The van der Waals surface area contributed by atoms with E-state index in [1.54, 1.807) is 0 Å². The fourth-order valence-electron chi connectivity index (χ4n) is 3.08. The van der Waals surface area contributed by atoms with Gasteiger partial charge in [-0.1, -0.05) is 19.8 Å². The first-order valence-electron chi connectivity index (χ1n) is 7.33. The van der Waals surface area contributed by atoms with Crippen LogP contribution in [0.5, 0.6) is 0 Å². The largest absolute Gasteiger partial charge is 0.443 e. The van der Waals surface area contributed by atoms with Gasteiger partial charge in [-0.05, 0) is 26.3 Å². The molecule has 1 unspecified atom stereocenters. The highest BCUT2D eigenvalue weighted by Gasteiger charge is 2.44. The summed E-state index contributed by atoms with van der Waals surface area (Å²) in [5, 5.41) is 2.52. The first-order chi connectivity index (χ1) is 9.93. The lowest BCUT2D eigenvalue weighted by Crippen LogP contribution is -2.44. The summed E-state index contributed by atoms with van der Waals surface area (Å²) in [6.07, 6.45) is 0.809. The van der Waals surface area contributed by atoms with Crippen LogP contribution in [0, 0.1) is 0 Å². The Bertz CT molecular complexity index is 455.